The van der Waals surface area contributed by atoms with E-state index in [0.717, 1.165) is 12.0 Å². The third-order valence-corrected chi connectivity index (χ3v) is 5.61. The smallest absolute Gasteiger partial charge is 0.309 e. The SMILES string of the molecule is CC[C@]1(/C=C(C)/C=C/c2ccccc2)OC(=O)[C@H](C)[C@@H]2[C@@H](C)[C@@H]21. The lowest BCUT2D eigenvalue weighted by atomic mass is 9.85. The highest BCUT2D eigenvalue weighted by Crippen LogP contribution is 2.62. The van der Waals surface area contributed by atoms with E-state index in [-0.39, 0.29) is 11.9 Å². The maximum atomic E-state index is 12.2. The van der Waals surface area contributed by atoms with Gasteiger partial charge in [0, 0.05) is 5.92 Å². The van der Waals surface area contributed by atoms with Crippen molar-refractivity contribution in [2.75, 3.05) is 0 Å². The van der Waals surface area contributed by atoms with Gasteiger partial charge >= 0.3 is 5.97 Å². The number of hydrogen-bond donors (Lipinski definition) is 0. The molecule has 3 rings (SSSR count). The van der Waals surface area contributed by atoms with E-state index in [2.05, 4.69) is 51.1 Å². The number of carbonyl (C=O) groups excluding carboxylic acids is 1. The van der Waals surface area contributed by atoms with Crippen LogP contribution in [0.5, 0.6) is 0 Å². The van der Waals surface area contributed by atoms with E-state index in [9.17, 15) is 4.79 Å². The van der Waals surface area contributed by atoms with Crippen LogP contribution in [0, 0.1) is 23.7 Å². The first kappa shape index (κ1) is 16.0. The number of hydrogen-bond acceptors (Lipinski definition) is 2. The topological polar surface area (TPSA) is 26.3 Å². The van der Waals surface area contributed by atoms with E-state index in [0.29, 0.717) is 17.8 Å². The Hall–Kier alpha value is -1.83. The van der Waals surface area contributed by atoms with Crippen LogP contribution in [0.1, 0.15) is 39.7 Å². The third kappa shape index (κ3) is 2.87. The van der Waals surface area contributed by atoms with Gasteiger partial charge in [0.05, 0.1) is 5.92 Å². The van der Waals surface area contributed by atoms with Gasteiger partial charge in [0.15, 0.2) is 0 Å². The Balaban J connectivity index is 1.83. The van der Waals surface area contributed by atoms with Gasteiger partial charge in [0.25, 0.3) is 0 Å². The molecule has 23 heavy (non-hydrogen) atoms. The molecule has 2 aliphatic rings. The molecule has 0 amide bonds. The van der Waals surface area contributed by atoms with E-state index < -0.39 is 5.60 Å². The van der Waals surface area contributed by atoms with Gasteiger partial charge in [0.2, 0.25) is 0 Å². The van der Waals surface area contributed by atoms with Crippen LogP contribution < -0.4 is 0 Å². The highest BCUT2D eigenvalue weighted by Gasteiger charge is 2.65. The van der Waals surface area contributed by atoms with Crippen molar-refractivity contribution in [1.82, 2.24) is 0 Å². The number of esters is 1. The van der Waals surface area contributed by atoms with E-state index >= 15 is 0 Å². The molecule has 1 aliphatic heterocycles. The van der Waals surface area contributed by atoms with Gasteiger partial charge in [-0.1, -0.05) is 68.8 Å². The number of carbonyl (C=O) groups is 1. The Morgan fingerprint density at radius 2 is 1.96 bits per heavy atom. The predicted molar refractivity (Wildman–Crippen MR) is 93.7 cm³/mol. The van der Waals surface area contributed by atoms with Gasteiger partial charge < -0.3 is 4.74 Å². The van der Waals surface area contributed by atoms with E-state index in [1.165, 1.54) is 5.56 Å². The zero-order chi connectivity index (χ0) is 16.6. The molecule has 1 saturated heterocycles. The normalized spacial score (nSPS) is 36.7. The fraction of sp³-hybridized carbons (Fsp3) is 0.476. The lowest BCUT2D eigenvalue weighted by Gasteiger charge is -2.36. The summed E-state index contributed by atoms with van der Waals surface area (Å²) in [6, 6.07) is 10.3. The average molecular weight is 310 g/mol. The number of fused-ring (bicyclic) bond motifs is 1. The Morgan fingerprint density at radius 3 is 2.61 bits per heavy atom. The zero-order valence-corrected chi connectivity index (χ0v) is 14.5. The van der Waals surface area contributed by atoms with Crippen LogP contribution >= 0.6 is 0 Å². The summed E-state index contributed by atoms with van der Waals surface area (Å²) in [5, 5.41) is 0. The van der Waals surface area contributed by atoms with Crippen LogP contribution in [-0.4, -0.2) is 11.6 Å². The highest BCUT2D eigenvalue weighted by atomic mass is 16.6. The van der Waals surface area contributed by atoms with Crippen LogP contribution in [0.3, 0.4) is 0 Å². The van der Waals surface area contributed by atoms with E-state index in [1.54, 1.807) is 0 Å². The van der Waals surface area contributed by atoms with Crippen LogP contribution in [0.25, 0.3) is 6.08 Å². The molecule has 0 N–H and O–H groups in total. The first-order valence-corrected chi connectivity index (χ1v) is 8.64. The number of benzene rings is 1. The van der Waals surface area contributed by atoms with Crippen molar-refractivity contribution in [2.24, 2.45) is 23.7 Å². The quantitative estimate of drug-likeness (QED) is 0.586. The molecule has 0 spiro atoms. The molecule has 122 valence electrons. The average Bonchev–Trinajstić information content (AvgIpc) is 3.24. The molecule has 2 heteroatoms. The molecule has 2 nitrogen and oxygen atoms in total. The lowest BCUT2D eigenvalue weighted by molar-refractivity contribution is -0.169. The molecule has 0 radical (unpaired) electrons. The number of ether oxygens (including phenoxy) is 1. The van der Waals surface area contributed by atoms with Crippen LogP contribution in [-0.2, 0) is 9.53 Å². The van der Waals surface area contributed by atoms with E-state index in [1.807, 2.05) is 25.1 Å². The summed E-state index contributed by atoms with van der Waals surface area (Å²) in [6.07, 6.45) is 7.24. The Kier molecular flexibility index (Phi) is 4.18. The third-order valence-electron chi connectivity index (χ3n) is 5.61. The minimum absolute atomic E-state index is 0.0338. The number of rotatable bonds is 4. The fourth-order valence-corrected chi connectivity index (χ4v) is 4.30. The van der Waals surface area contributed by atoms with Crippen molar-refractivity contribution < 1.29 is 9.53 Å². The Morgan fingerprint density at radius 1 is 1.26 bits per heavy atom. The second kappa shape index (κ2) is 5.99. The van der Waals surface area contributed by atoms with Crippen molar-refractivity contribution in [2.45, 2.75) is 39.7 Å². The van der Waals surface area contributed by atoms with Gasteiger partial charge in [-0.05, 0) is 36.8 Å². The molecule has 1 heterocycles. The largest absolute Gasteiger partial charge is 0.454 e. The van der Waals surface area contributed by atoms with Crippen molar-refractivity contribution in [3.8, 4) is 0 Å². The van der Waals surface area contributed by atoms with Crippen molar-refractivity contribution in [3.05, 3.63) is 53.6 Å². The molecule has 1 aliphatic carbocycles. The summed E-state index contributed by atoms with van der Waals surface area (Å²) >= 11 is 0. The van der Waals surface area contributed by atoms with Gasteiger partial charge in [0.1, 0.15) is 5.60 Å². The maximum Gasteiger partial charge on any atom is 0.309 e. The van der Waals surface area contributed by atoms with Crippen molar-refractivity contribution in [3.63, 3.8) is 0 Å². The second-order valence-corrected chi connectivity index (χ2v) is 7.11. The molecule has 0 aromatic heterocycles. The fourth-order valence-electron chi connectivity index (χ4n) is 4.30. The minimum Gasteiger partial charge on any atom is -0.454 e. The summed E-state index contributed by atoms with van der Waals surface area (Å²) < 4.78 is 5.93. The van der Waals surface area contributed by atoms with Gasteiger partial charge in [-0.25, -0.2) is 0 Å². The number of allylic oxidation sites excluding steroid dienone is 2. The van der Waals surface area contributed by atoms with Crippen molar-refractivity contribution in [1.29, 1.82) is 0 Å². The van der Waals surface area contributed by atoms with Crippen LogP contribution in [0.15, 0.2) is 48.1 Å². The van der Waals surface area contributed by atoms with E-state index in [4.69, 9.17) is 4.74 Å². The van der Waals surface area contributed by atoms with Gasteiger partial charge in [-0.15, -0.1) is 0 Å². The van der Waals surface area contributed by atoms with Crippen molar-refractivity contribution >= 4 is 12.0 Å². The molecule has 1 aromatic carbocycles. The summed E-state index contributed by atoms with van der Waals surface area (Å²) in [7, 11) is 0. The summed E-state index contributed by atoms with van der Waals surface area (Å²) in [6.45, 7) is 8.47. The molecule has 1 aromatic rings. The molecular formula is C21H26O2. The molecule has 0 unspecified atom stereocenters. The zero-order valence-electron chi connectivity index (χ0n) is 14.5. The number of cyclic esters (lactones) is 1. The molecule has 2 fully saturated rings. The molecule has 1 saturated carbocycles. The first-order chi connectivity index (χ1) is 11.0. The molecule has 5 atom stereocenters. The first-order valence-electron chi connectivity index (χ1n) is 8.64. The Labute approximate surface area is 139 Å². The van der Waals surface area contributed by atoms with Gasteiger partial charge in [-0.2, -0.15) is 0 Å². The monoisotopic (exact) mass is 310 g/mol. The maximum absolute atomic E-state index is 12.2. The lowest BCUT2D eigenvalue weighted by Crippen LogP contribution is -2.42. The van der Waals surface area contributed by atoms with Crippen LogP contribution in [0.2, 0.25) is 0 Å². The predicted octanol–water partition coefficient (Wildman–Crippen LogP) is 4.87. The summed E-state index contributed by atoms with van der Waals surface area (Å²) in [5.74, 6) is 1.54. The molecule has 0 bridgehead atoms. The Bertz CT molecular complexity index is 643. The highest BCUT2D eigenvalue weighted by molar-refractivity contribution is 5.75. The molecular weight excluding hydrogens is 284 g/mol. The minimum atomic E-state index is -0.418. The second-order valence-electron chi connectivity index (χ2n) is 7.11. The van der Waals surface area contributed by atoms with Crippen LogP contribution in [0.4, 0.5) is 0 Å². The standard InChI is InChI=1S/C21H26O2/c1-5-21(19-15(3)18(19)16(4)20(22)23-21)13-14(2)11-12-17-9-7-6-8-10-17/h6-13,15-16,18-19H,5H2,1-4H3/b12-11+,14-13+/t15-,16-,18+,19+,21-/m1/s1. The summed E-state index contributed by atoms with van der Waals surface area (Å²) in [4.78, 5) is 12.2. The summed E-state index contributed by atoms with van der Waals surface area (Å²) in [5.41, 5.74) is 1.91. The van der Waals surface area contributed by atoms with Gasteiger partial charge in [-0.3, -0.25) is 4.79 Å².